The van der Waals surface area contributed by atoms with Crippen molar-refractivity contribution in [3.63, 3.8) is 0 Å². The van der Waals surface area contributed by atoms with Crippen molar-refractivity contribution in [1.29, 1.82) is 0 Å². The first-order chi connectivity index (χ1) is 12.8. The van der Waals surface area contributed by atoms with Crippen molar-refractivity contribution < 1.29 is 9.53 Å². The number of amides is 1. The molecule has 1 saturated heterocycles. The highest BCUT2D eigenvalue weighted by molar-refractivity contribution is 5.95. The van der Waals surface area contributed by atoms with Crippen LogP contribution in [-0.4, -0.2) is 27.9 Å². The normalized spacial score (nSPS) is 15.9. The lowest BCUT2D eigenvalue weighted by atomic mass is 10.0. The zero-order valence-corrected chi connectivity index (χ0v) is 17.0. The molecule has 0 aliphatic carbocycles. The van der Waals surface area contributed by atoms with Gasteiger partial charge in [-0.2, -0.15) is 0 Å². The molecule has 0 unspecified atom stereocenters. The van der Waals surface area contributed by atoms with Gasteiger partial charge in [0.05, 0.1) is 11.7 Å². The van der Waals surface area contributed by atoms with Crippen LogP contribution in [0.15, 0.2) is 54.9 Å². The second kappa shape index (κ2) is 10.3. The maximum absolute atomic E-state index is 12.3. The van der Waals surface area contributed by atoms with Crippen LogP contribution in [0, 0.1) is 0 Å². The van der Waals surface area contributed by atoms with Crippen molar-refractivity contribution in [2.45, 2.75) is 31.9 Å². The van der Waals surface area contributed by atoms with Gasteiger partial charge in [0.2, 0.25) is 5.91 Å². The highest BCUT2D eigenvalue weighted by Gasteiger charge is 2.20. The SMILES string of the molecule is Cl.Cl.O=C(Nc1cccc(OCc2cn3ccccc3n2)c1)[C@H]1CCCCN1. The smallest absolute Gasteiger partial charge is 0.241 e. The first-order valence-corrected chi connectivity index (χ1v) is 8.98. The number of fused-ring (bicyclic) bond motifs is 1. The molecule has 0 spiro atoms. The minimum absolute atomic E-state index is 0. The standard InChI is InChI=1S/C20H22N4O2.2ClH/c25-20(18-8-1-3-10-21-18)23-15-6-5-7-17(12-15)26-14-16-13-24-11-4-2-9-19(24)22-16;;/h2,4-7,9,11-13,18,21H,1,3,8,10,14H2,(H,23,25);2*1H/t18-;;/m1../s1. The highest BCUT2D eigenvalue weighted by Crippen LogP contribution is 2.19. The molecule has 1 amide bonds. The van der Waals surface area contributed by atoms with E-state index in [4.69, 9.17) is 4.74 Å². The quantitative estimate of drug-likeness (QED) is 0.655. The van der Waals surface area contributed by atoms with Gasteiger partial charge in [-0.1, -0.05) is 18.6 Å². The van der Waals surface area contributed by atoms with E-state index >= 15 is 0 Å². The summed E-state index contributed by atoms with van der Waals surface area (Å²) in [5.41, 5.74) is 2.50. The number of nitrogens with one attached hydrogen (secondary N) is 2. The van der Waals surface area contributed by atoms with Gasteiger partial charge in [-0.3, -0.25) is 4.79 Å². The molecule has 3 heterocycles. The molecule has 0 saturated carbocycles. The highest BCUT2D eigenvalue weighted by atomic mass is 35.5. The number of anilines is 1. The fourth-order valence-corrected chi connectivity index (χ4v) is 3.18. The van der Waals surface area contributed by atoms with E-state index in [0.717, 1.165) is 42.8 Å². The molecule has 0 radical (unpaired) electrons. The molecule has 3 aromatic rings. The molecular formula is C20H24Cl2N4O2. The second-order valence-corrected chi connectivity index (χ2v) is 6.51. The Kier molecular flexibility index (Phi) is 8.11. The van der Waals surface area contributed by atoms with Gasteiger partial charge < -0.3 is 19.8 Å². The van der Waals surface area contributed by atoms with E-state index in [1.807, 2.05) is 59.3 Å². The maximum Gasteiger partial charge on any atom is 0.241 e. The summed E-state index contributed by atoms with van der Waals surface area (Å²) in [7, 11) is 0. The molecule has 0 bridgehead atoms. The van der Waals surface area contributed by atoms with Gasteiger partial charge in [0, 0.05) is 24.1 Å². The van der Waals surface area contributed by atoms with Crippen molar-refractivity contribution in [3.8, 4) is 5.75 Å². The monoisotopic (exact) mass is 422 g/mol. The predicted molar refractivity (Wildman–Crippen MR) is 115 cm³/mol. The number of aromatic nitrogens is 2. The zero-order valence-electron chi connectivity index (χ0n) is 15.3. The molecule has 1 aliphatic rings. The molecule has 8 heteroatoms. The van der Waals surface area contributed by atoms with Crippen molar-refractivity contribution in [1.82, 2.24) is 14.7 Å². The molecular weight excluding hydrogens is 399 g/mol. The number of imidazole rings is 1. The van der Waals surface area contributed by atoms with Crippen LogP contribution in [0.1, 0.15) is 25.0 Å². The molecule has 1 aromatic carbocycles. The zero-order chi connectivity index (χ0) is 17.8. The summed E-state index contributed by atoms with van der Waals surface area (Å²) in [6, 6.07) is 13.3. The summed E-state index contributed by atoms with van der Waals surface area (Å²) in [5.74, 6) is 0.721. The fourth-order valence-electron chi connectivity index (χ4n) is 3.18. The Morgan fingerprint density at radius 2 is 2.11 bits per heavy atom. The molecule has 1 atom stereocenters. The number of piperidine rings is 1. The van der Waals surface area contributed by atoms with Gasteiger partial charge in [0.25, 0.3) is 0 Å². The summed E-state index contributed by atoms with van der Waals surface area (Å²) < 4.78 is 7.81. The van der Waals surface area contributed by atoms with Crippen molar-refractivity contribution in [3.05, 3.63) is 60.6 Å². The lowest BCUT2D eigenvalue weighted by Gasteiger charge is -2.22. The first-order valence-electron chi connectivity index (χ1n) is 8.98. The third-order valence-electron chi connectivity index (χ3n) is 4.53. The Hall–Kier alpha value is -2.28. The average molecular weight is 423 g/mol. The van der Waals surface area contributed by atoms with Gasteiger partial charge >= 0.3 is 0 Å². The van der Waals surface area contributed by atoms with E-state index in [2.05, 4.69) is 15.6 Å². The number of pyridine rings is 1. The van der Waals surface area contributed by atoms with Crippen LogP contribution < -0.4 is 15.4 Å². The van der Waals surface area contributed by atoms with Crippen LogP contribution in [0.5, 0.6) is 5.75 Å². The third kappa shape index (κ3) is 5.38. The number of ether oxygens (including phenoxy) is 1. The number of benzene rings is 1. The van der Waals surface area contributed by atoms with Crippen molar-refractivity contribution in [2.24, 2.45) is 0 Å². The predicted octanol–water partition coefficient (Wildman–Crippen LogP) is 3.84. The fraction of sp³-hybridized carbons (Fsp3) is 0.300. The summed E-state index contributed by atoms with van der Waals surface area (Å²) in [4.78, 5) is 16.9. The summed E-state index contributed by atoms with van der Waals surface area (Å²) in [6.45, 7) is 1.28. The molecule has 2 aromatic heterocycles. The van der Waals surface area contributed by atoms with E-state index in [9.17, 15) is 4.79 Å². The molecule has 28 heavy (non-hydrogen) atoms. The maximum atomic E-state index is 12.3. The molecule has 4 rings (SSSR count). The number of hydrogen-bond donors (Lipinski definition) is 2. The summed E-state index contributed by atoms with van der Waals surface area (Å²) in [6.07, 6.45) is 7.02. The van der Waals surface area contributed by atoms with Crippen LogP contribution in [0.25, 0.3) is 5.65 Å². The van der Waals surface area contributed by atoms with Crippen molar-refractivity contribution >= 4 is 42.1 Å². The largest absolute Gasteiger partial charge is 0.487 e. The van der Waals surface area contributed by atoms with E-state index < -0.39 is 0 Å². The number of carbonyl (C=O) groups excluding carboxylic acids is 1. The molecule has 1 fully saturated rings. The molecule has 2 N–H and O–H groups in total. The van der Waals surface area contributed by atoms with E-state index in [-0.39, 0.29) is 36.8 Å². The Morgan fingerprint density at radius 1 is 1.21 bits per heavy atom. The van der Waals surface area contributed by atoms with E-state index in [0.29, 0.717) is 12.4 Å². The van der Waals surface area contributed by atoms with E-state index in [1.165, 1.54) is 0 Å². The van der Waals surface area contributed by atoms with Gasteiger partial charge in [0.15, 0.2) is 0 Å². The number of hydrogen-bond acceptors (Lipinski definition) is 4. The van der Waals surface area contributed by atoms with Gasteiger partial charge in [-0.15, -0.1) is 24.8 Å². The Bertz CT molecular complexity index is 877. The number of carbonyl (C=O) groups is 1. The Labute approximate surface area is 176 Å². The van der Waals surface area contributed by atoms with Crippen LogP contribution in [0.4, 0.5) is 5.69 Å². The van der Waals surface area contributed by atoms with Gasteiger partial charge in [-0.05, 0) is 43.7 Å². The minimum Gasteiger partial charge on any atom is -0.487 e. The Morgan fingerprint density at radius 3 is 2.89 bits per heavy atom. The van der Waals surface area contributed by atoms with Gasteiger partial charge in [-0.25, -0.2) is 4.98 Å². The number of nitrogens with zero attached hydrogens (tertiary/aromatic N) is 2. The molecule has 150 valence electrons. The average Bonchev–Trinajstić information content (AvgIpc) is 3.10. The van der Waals surface area contributed by atoms with Crippen molar-refractivity contribution in [2.75, 3.05) is 11.9 Å². The van der Waals surface area contributed by atoms with Gasteiger partial charge in [0.1, 0.15) is 18.0 Å². The minimum atomic E-state index is -0.105. The van der Waals surface area contributed by atoms with E-state index in [1.54, 1.807) is 0 Å². The summed E-state index contributed by atoms with van der Waals surface area (Å²) >= 11 is 0. The third-order valence-corrected chi connectivity index (χ3v) is 4.53. The number of halogens is 2. The Balaban J connectivity index is 0.00000140. The topological polar surface area (TPSA) is 67.7 Å². The van der Waals surface area contributed by atoms with Crippen LogP contribution in [0.3, 0.4) is 0 Å². The van der Waals surface area contributed by atoms with Crippen LogP contribution in [-0.2, 0) is 11.4 Å². The molecule has 1 aliphatic heterocycles. The lowest BCUT2D eigenvalue weighted by Crippen LogP contribution is -2.43. The number of rotatable bonds is 5. The first kappa shape index (κ1) is 22.0. The molecule has 6 nitrogen and oxygen atoms in total. The lowest BCUT2D eigenvalue weighted by molar-refractivity contribution is -0.118. The second-order valence-electron chi connectivity index (χ2n) is 6.51. The van der Waals surface area contributed by atoms with Crippen LogP contribution in [0.2, 0.25) is 0 Å². The summed E-state index contributed by atoms with van der Waals surface area (Å²) in [5, 5.41) is 6.23. The van der Waals surface area contributed by atoms with Crippen LogP contribution >= 0.6 is 24.8 Å².